The molecule has 0 aliphatic heterocycles. The predicted molar refractivity (Wildman–Crippen MR) is 32.5 cm³/mol. The van der Waals surface area contributed by atoms with Gasteiger partial charge in [0.15, 0.2) is 0 Å². The van der Waals surface area contributed by atoms with Crippen LogP contribution in [0.2, 0.25) is 0 Å². The molecule has 1 nitrogen and oxygen atoms in total. The lowest BCUT2D eigenvalue weighted by Gasteiger charge is -2.18. The monoisotopic (exact) mass is 127 g/mol. The molecule has 1 rings (SSSR count). The molecule has 2 atom stereocenters. The summed E-state index contributed by atoms with van der Waals surface area (Å²) in [6, 6.07) is 1.98. The first-order valence-electron chi connectivity index (χ1n) is 3.38. The van der Waals surface area contributed by atoms with E-state index in [1.807, 2.05) is 6.07 Å². The highest BCUT2D eigenvalue weighted by atomic mass is 19.1. The minimum absolute atomic E-state index is 0.307. The average molecular weight is 127 g/mol. The predicted octanol–water partition coefficient (Wildman–Crippen LogP) is 2.04. The summed E-state index contributed by atoms with van der Waals surface area (Å²) >= 11 is 0. The molecule has 0 N–H and O–H groups in total. The highest BCUT2D eigenvalue weighted by Crippen LogP contribution is 2.25. The lowest BCUT2D eigenvalue weighted by molar-refractivity contribution is 0.203. The van der Waals surface area contributed by atoms with Gasteiger partial charge in [0.25, 0.3) is 0 Å². The Kier molecular flexibility index (Phi) is 2.05. The van der Waals surface area contributed by atoms with Gasteiger partial charge in [-0.05, 0) is 12.8 Å². The first kappa shape index (κ1) is 6.54. The van der Waals surface area contributed by atoms with Crippen molar-refractivity contribution in [1.82, 2.24) is 0 Å². The molecule has 0 unspecified atom stereocenters. The van der Waals surface area contributed by atoms with Gasteiger partial charge in [-0.2, -0.15) is 5.26 Å². The van der Waals surface area contributed by atoms with Gasteiger partial charge in [-0.25, -0.2) is 4.39 Å². The first-order valence-corrected chi connectivity index (χ1v) is 3.38. The number of rotatable bonds is 0. The highest BCUT2D eigenvalue weighted by molar-refractivity contribution is 4.90. The third-order valence-corrected chi connectivity index (χ3v) is 1.85. The quantitative estimate of drug-likeness (QED) is 0.488. The second-order valence-corrected chi connectivity index (χ2v) is 2.54. The summed E-state index contributed by atoms with van der Waals surface area (Å²) in [7, 11) is 0. The molecule has 0 aromatic rings. The van der Waals surface area contributed by atoms with Crippen LogP contribution in [0.5, 0.6) is 0 Å². The third kappa shape index (κ3) is 1.41. The molecule has 0 saturated heterocycles. The van der Waals surface area contributed by atoms with Gasteiger partial charge in [-0.3, -0.25) is 0 Å². The van der Waals surface area contributed by atoms with E-state index in [1.165, 1.54) is 0 Å². The van der Waals surface area contributed by atoms with Crippen LogP contribution in [-0.4, -0.2) is 6.17 Å². The Bertz CT molecular complexity index is 127. The summed E-state index contributed by atoms with van der Waals surface area (Å²) in [5.74, 6) is -0.307. The molecule has 1 fully saturated rings. The van der Waals surface area contributed by atoms with Gasteiger partial charge in [0.1, 0.15) is 6.17 Å². The van der Waals surface area contributed by atoms with E-state index in [0.29, 0.717) is 6.42 Å². The Balaban J connectivity index is 2.41. The van der Waals surface area contributed by atoms with Crippen molar-refractivity contribution in [1.29, 1.82) is 5.26 Å². The molecule has 0 aromatic carbocycles. The fraction of sp³-hybridized carbons (Fsp3) is 0.857. The molecule has 0 amide bonds. The Labute approximate surface area is 54.5 Å². The Hall–Kier alpha value is -0.580. The molecular weight excluding hydrogens is 117 g/mol. The normalized spacial score (nSPS) is 35.6. The minimum atomic E-state index is -0.844. The van der Waals surface area contributed by atoms with Gasteiger partial charge < -0.3 is 0 Å². The van der Waals surface area contributed by atoms with E-state index < -0.39 is 6.17 Å². The van der Waals surface area contributed by atoms with Crippen LogP contribution >= 0.6 is 0 Å². The molecule has 50 valence electrons. The lowest BCUT2D eigenvalue weighted by Crippen LogP contribution is -2.18. The van der Waals surface area contributed by atoms with Gasteiger partial charge in [-0.15, -0.1) is 0 Å². The highest BCUT2D eigenvalue weighted by Gasteiger charge is 2.23. The maximum atomic E-state index is 12.6. The van der Waals surface area contributed by atoms with E-state index in [0.717, 1.165) is 19.3 Å². The number of hydrogen-bond acceptors (Lipinski definition) is 1. The van der Waals surface area contributed by atoms with Crippen LogP contribution in [0, 0.1) is 17.2 Å². The summed E-state index contributed by atoms with van der Waals surface area (Å²) in [5, 5.41) is 8.37. The second-order valence-electron chi connectivity index (χ2n) is 2.54. The summed E-state index contributed by atoms with van der Waals surface area (Å²) < 4.78 is 12.6. The first-order chi connectivity index (χ1) is 4.34. The number of halogens is 1. The number of nitrogens with zero attached hydrogens (tertiary/aromatic N) is 1. The minimum Gasteiger partial charge on any atom is -0.246 e. The Morgan fingerprint density at radius 1 is 1.33 bits per heavy atom. The molecule has 9 heavy (non-hydrogen) atoms. The van der Waals surface area contributed by atoms with Gasteiger partial charge in [0.05, 0.1) is 12.0 Å². The van der Waals surface area contributed by atoms with Gasteiger partial charge in [0, 0.05) is 0 Å². The van der Waals surface area contributed by atoms with E-state index in [4.69, 9.17) is 5.26 Å². The van der Waals surface area contributed by atoms with Crippen molar-refractivity contribution in [2.75, 3.05) is 0 Å². The topological polar surface area (TPSA) is 23.8 Å². The van der Waals surface area contributed by atoms with Crippen LogP contribution in [0.1, 0.15) is 25.7 Å². The summed E-state index contributed by atoms with van der Waals surface area (Å²) in [5.41, 5.74) is 0. The number of hydrogen-bond donors (Lipinski definition) is 0. The maximum Gasteiger partial charge on any atom is 0.116 e. The Morgan fingerprint density at radius 3 is 2.44 bits per heavy atom. The SMILES string of the molecule is N#C[C@H]1CCCC[C@H]1F. The number of alkyl halides is 1. The molecule has 1 aliphatic rings. The van der Waals surface area contributed by atoms with Crippen molar-refractivity contribution in [3.05, 3.63) is 0 Å². The van der Waals surface area contributed by atoms with Crippen LogP contribution in [0.15, 0.2) is 0 Å². The summed E-state index contributed by atoms with van der Waals surface area (Å²) in [6.45, 7) is 0. The fourth-order valence-electron chi connectivity index (χ4n) is 1.23. The molecular formula is C7H10FN. The van der Waals surface area contributed by atoms with E-state index in [1.54, 1.807) is 0 Å². The van der Waals surface area contributed by atoms with E-state index in [9.17, 15) is 4.39 Å². The van der Waals surface area contributed by atoms with Crippen LogP contribution in [-0.2, 0) is 0 Å². The molecule has 0 radical (unpaired) electrons. The lowest BCUT2D eigenvalue weighted by atomic mass is 9.89. The smallest absolute Gasteiger partial charge is 0.116 e. The molecule has 1 saturated carbocycles. The zero-order valence-corrected chi connectivity index (χ0v) is 5.31. The average Bonchev–Trinajstić information content (AvgIpc) is 1.89. The molecule has 0 aromatic heterocycles. The molecule has 1 aliphatic carbocycles. The van der Waals surface area contributed by atoms with Crippen molar-refractivity contribution in [2.45, 2.75) is 31.9 Å². The van der Waals surface area contributed by atoms with Crippen molar-refractivity contribution < 1.29 is 4.39 Å². The van der Waals surface area contributed by atoms with Crippen molar-refractivity contribution >= 4 is 0 Å². The molecule has 0 bridgehead atoms. The maximum absolute atomic E-state index is 12.6. The van der Waals surface area contributed by atoms with Crippen molar-refractivity contribution in [3.63, 3.8) is 0 Å². The molecule has 2 heteroatoms. The van der Waals surface area contributed by atoms with Gasteiger partial charge in [-0.1, -0.05) is 12.8 Å². The second kappa shape index (κ2) is 2.82. The molecule has 0 spiro atoms. The third-order valence-electron chi connectivity index (χ3n) is 1.85. The summed E-state index contributed by atoms with van der Waals surface area (Å²) in [6.07, 6.45) is 2.50. The van der Waals surface area contributed by atoms with Gasteiger partial charge in [0.2, 0.25) is 0 Å². The van der Waals surface area contributed by atoms with Crippen LogP contribution in [0.4, 0.5) is 4.39 Å². The Morgan fingerprint density at radius 2 is 2.00 bits per heavy atom. The fourth-order valence-corrected chi connectivity index (χ4v) is 1.23. The zero-order chi connectivity index (χ0) is 6.69. The number of nitriles is 1. The standard InChI is InChI=1S/C7H10FN/c8-7-4-2-1-3-6(7)5-9/h6-7H,1-4H2/t6-,7-/m1/s1. The van der Waals surface area contributed by atoms with Crippen LogP contribution < -0.4 is 0 Å². The largest absolute Gasteiger partial charge is 0.246 e. The molecule has 0 heterocycles. The van der Waals surface area contributed by atoms with Crippen LogP contribution in [0.3, 0.4) is 0 Å². The van der Waals surface area contributed by atoms with E-state index in [2.05, 4.69) is 0 Å². The van der Waals surface area contributed by atoms with E-state index >= 15 is 0 Å². The van der Waals surface area contributed by atoms with Crippen LogP contribution in [0.25, 0.3) is 0 Å². The van der Waals surface area contributed by atoms with Gasteiger partial charge >= 0.3 is 0 Å². The van der Waals surface area contributed by atoms with Crippen molar-refractivity contribution in [3.8, 4) is 6.07 Å². The van der Waals surface area contributed by atoms with Crippen molar-refractivity contribution in [2.24, 2.45) is 5.92 Å². The van der Waals surface area contributed by atoms with E-state index in [-0.39, 0.29) is 5.92 Å². The zero-order valence-electron chi connectivity index (χ0n) is 5.31. The summed E-state index contributed by atoms with van der Waals surface area (Å²) in [4.78, 5) is 0.